The molecule has 0 aliphatic rings. The molecule has 0 saturated heterocycles. The average molecular weight is 915 g/mol. The lowest BCUT2D eigenvalue weighted by atomic mass is 9.61. The third-order valence-corrected chi connectivity index (χ3v) is 15.0. The van der Waals surface area contributed by atoms with Crippen molar-refractivity contribution in [3.05, 3.63) is 323 Å². The first kappa shape index (κ1) is 48.0. The second-order valence-electron chi connectivity index (χ2n) is 19.9. The number of hydrogen-bond acceptors (Lipinski definition) is 3. The highest BCUT2D eigenvalue weighted by Crippen LogP contribution is 2.57. The zero-order valence-electron chi connectivity index (χ0n) is 41.3. The second-order valence-corrected chi connectivity index (χ2v) is 19.9. The molecule has 0 aliphatic carbocycles. The molecule has 0 amide bonds. The molecule has 9 aromatic carbocycles. The Hall–Kier alpha value is -7.08. The van der Waals surface area contributed by atoms with Crippen molar-refractivity contribution in [1.82, 2.24) is 0 Å². The summed E-state index contributed by atoms with van der Waals surface area (Å²) >= 11 is 0. The molecule has 9 rings (SSSR count). The van der Waals surface area contributed by atoms with Crippen LogP contribution in [0.5, 0.6) is 0 Å². The van der Waals surface area contributed by atoms with Crippen LogP contribution >= 0.6 is 0 Å². The zero-order valence-corrected chi connectivity index (χ0v) is 41.3. The van der Waals surface area contributed by atoms with Gasteiger partial charge in [0, 0.05) is 16.2 Å². The fourth-order valence-corrected chi connectivity index (χ4v) is 11.2. The molecule has 9 aromatic rings. The summed E-state index contributed by atoms with van der Waals surface area (Å²) in [5, 5.41) is 0. The molecular weight excluding hydrogens is 852 g/mol. The van der Waals surface area contributed by atoms with Gasteiger partial charge in [0.05, 0.1) is 0 Å². The van der Waals surface area contributed by atoms with Crippen LogP contribution in [0.25, 0.3) is 0 Å². The van der Waals surface area contributed by atoms with E-state index in [1.54, 1.807) is 0 Å². The third-order valence-electron chi connectivity index (χ3n) is 15.0. The SMILES string of the molecule is CC(C)(c1ccccc1)C(OB(OC(c1ccccc1)(c1ccccc1)C(C)(C)c1ccccc1)OC(c1ccccc1)(c1ccccc1)C(C)(C)c1ccccc1)(c1ccccc1)c1ccccc1. The summed E-state index contributed by atoms with van der Waals surface area (Å²) in [6.07, 6.45) is 0. The van der Waals surface area contributed by atoms with E-state index >= 15 is 0 Å². The van der Waals surface area contributed by atoms with Gasteiger partial charge >= 0.3 is 7.32 Å². The fraction of sp³-hybridized carbons (Fsp3) is 0.182. The van der Waals surface area contributed by atoms with Crippen molar-refractivity contribution in [2.45, 2.75) is 74.6 Å². The van der Waals surface area contributed by atoms with Gasteiger partial charge in [-0.3, -0.25) is 0 Å². The lowest BCUT2D eigenvalue weighted by Gasteiger charge is -2.54. The first-order valence-electron chi connectivity index (χ1n) is 24.5. The van der Waals surface area contributed by atoms with E-state index in [2.05, 4.69) is 315 Å². The Morgan fingerprint density at radius 3 is 0.471 bits per heavy atom. The standard InChI is InChI=1S/C66H63BO3/c1-61(2,52-34-16-7-17-35-52)64(55-40-22-10-23-41-55,56-42-24-11-25-43-56)68-67(69-65(57-44-26-12-27-45-57,58-46-28-13-29-47-58)62(3,4)53-36-18-8-19-37-53)70-66(59-48-30-14-31-49-59,60-50-32-15-33-51-60)63(5,6)54-38-20-9-21-39-54/h7-51H,1-6H3. The third kappa shape index (κ3) is 8.45. The summed E-state index contributed by atoms with van der Waals surface area (Å²) in [6.45, 7) is 13.7. The monoisotopic (exact) mass is 914 g/mol. The molecule has 0 unspecified atom stereocenters. The Morgan fingerprint density at radius 2 is 0.329 bits per heavy atom. The quantitative estimate of drug-likeness (QED) is 0.0803. The molecule has 0 spiro atoms. The second kappa shape index (κ2) is 20.1. The van der Waals surface area contributed by atoms with E-state index in [9.17, 15) is 0 Å². The van der Waals surface area contributed by atoms with Gasteiger partial charge in [0.2, 0.25) is 0 Å². The molecule has 0 saturated carbocycles. The van der Waals surface area contributed by atoms with E-state index in [4.69, 9.17) is 14.0 Å². The smallest absolute Gasteiger partial charge is 0.371 e. The van der Waals surface area contributed by atoms with E-state index in [-0.39, 0.29) is 0 Å². The number of benzene rings is 9. The van der Waals surface area contributed by atoms with Gasteiger partial charge in [-0.2, -0.15) is 0 Å². The van der Waals surface area contributed by atoms with Crippen LogP contribution < -0.4 is 0 Å². The van der Waals surface area contributed by atoms with Gasteiger partial charge in [-0.1, -0.05) is 315 Å². The minimum Gasteiger partial charge on any atom is -0.371 e. The molecule has 0 heterocycles. The molecule has 0 aromatic heterocycles. The highest BCUT2D eigenvalue weighted by atomic mass is 16.8. The molecule has 4 heteroatoms. The summed E-state index contributed by atoms with van der Waals surface area (Å²) in [5.74, 6) is 0. The van der Waals surface area contributed by atoms with Gasteiger partial charge in [-0.05, 0) is 50.1 Å². The Bertz CT molecular complexity index is 2550. The van der Waals surface area contributed by atoms with E-state index in [0.717, 1.165) is 50.1 Å². The van der Waals surface area contributed by atoms with Crippen LogP contribution in [0.1, 0.15) is 91.6 Å². The van der Waals surface area contributed by atoms with Crippen LogP contribution in [-0.4, -0.2) is 7.32 Å². The lowest BCUT2D eigenvalue weighted by molar-refractivity contribution is -0.114. The lowest BCUT2D eigenvalue weighted by Crippen LogP contribution is -2.60. The van der Waals surface area contributed by atoms with Crippen molar-refractivity contribution in [3.63, 3.8) is 0 Å². The predicted molar refractivity (Wildman–Crippen MR) is 288 cm³/mol. The summed E-state index contributed by atoms with van der Waals surface area (Å²) in [6, 6.07) is 95.8. The molecule has 0 bridgehead atoms. The van der Waals surface area contributed by atoms with Crippen LogP contribution in [0, 0.1) is 0 Å². The van der Waals surface area contributed by atoms with Gasteiger partial charge in [-0.25, -0.2) is 0 Å². The predicted octanol–water partition coefficient (Wildman–Crippen LogP) is 15.8. The largest absolute Gasteiger partial charge is 0.642 e. The minimum absolute atomic E-state index is 0.768. The summed E-state index contributed by atoms with van der Waals surface area (Å²) in [7, 11) is -1.42. The highest BCUT2D eigenvalue weighted by molar-refractivity contribution is 6.37. The van der Waals surface area contributed by atoms with E-state index in [0.29, 0.717) is 0 Å². The summed E-state index contributed by atoms with van der Waals surface area (Å²) in [5.41, 5.74) is 2.90. The zero-order chi connectivity index (χ0) is 48.7. The summed E-state index contributed by atoms with van der Waals surface area (Å²) in [4.78, 5) is 0. The molecule has 70 heavy (non-hydrogen) atoms. The van der Waals surface area contributed by atoms with Crippen molar-refractivity contribution >= 4 is 7.32 Å². The Morgan fingerprint density at radius 1 is 0.200 bits per heavy atom. The van der Waals surface area contributed by atoms with E-state index in [1.807, 2.05) is 0 Å². The molecule has 0 radical (unpaired) electrons. The van der Waals surface area contributed by atoms with Crippen molar-refractivity contribution < 1.29 is 14.0 Å². The van der Waals surface area contributed by atoms with Crippen molar-refractivity contribution in [2.24, 2.45) is 0 Å². The van der Waals surface area contributed by atoms with Gasteiger partial charge in [0.15, 0.2) is 0 Å². The Kier molecular flexibility index (Phi) is 13.8. The molecule has 0 atom stereocenters. The summed E-state index contributed by atoms with van der Waals surface area (Å²) < 4.78 is 25.3. The van der Waals surface area contributed by atoms with Crippen LogP contribution in [0.15, 0.2) is 273 Å². The topological polar surface area (TPSA) is 27.7 Å². The van der Waals surface area contributed by atoms with Crippen LogP contribution in [0.4, 0.5) is 0 Å². The highest BCUT2D eigenvalue weighted by Gasteiger charge is 2.61. The van der Waals surface area contributed by atoms with Crippen LogP contribution in [-0.2, 0) is 47.0 Å². The fourth-order valence-electron chi connectivity index (χ4n) is 11.2. The maximum atomic E-state index is 8.44. The Labute approximate surface area is 417 Å². The number of rotatable bonds is 18. The molecule has 3 nitrogen and oxygen atoms in total. The van der Waals surface area contributed by atoms with E-state index in [1.165, 1.54) is 0 Å². The molecule has 348 valence electrons. The molecule has 0 N–H and O–H groups in total. The Balaban J connectivity index is 1.44. The molecular formula is C66H63BO3. The number of hydrogen-bond donors (Lipinski definition) is 0. The van der Waals surface area contributed by atoms with Crippen LogP contribution in [0.3, 0.4) is 0 Å². The van der Waals surface area contributed by atoms with Crippen molar-refractivity contribution in [2.75, 3.05) is 0 Å². The first-order valence-corrected chi connectivity index (χ1v) is 24.5. The normalized spacial score (nSPS) is 12.6. The van der Waals surface area contributed by atoms with Gasteiger partial charge in [0.1, 0.15) is 16.8 Å². The maximum absolute atomic E-state index is 8.44. The molecule has 0 aliphatic heterocycles. The van der Waals surface area contributed by atoms with Gasteiger partial charge in [-0.15, -0.1) is 0 Å². The van der Waals surface area contributed by atoms with E-state index < -0.39 is 40.4 Å². The minimum atomic E-state index is -1.42. The van der Waals surface area contributed by atoms with Gasteiger partial charge in [0.25, 0.3) is 0 Å². The average Bonchev–Trinajstić information content (AvgIpc) is 3.42. The van der Waals surface area contributed by atoms with Gasteiger partial charge < -0.3 is 14.0 Å². The molecule has 0 fully saturated rings. The van der Waals surface area contributed by atoms with Crippen LogP contribution in [0.2, 0.25) is 0 Å². The maximum Gasteiger partial charge on any atom is 0.642 e. The van der Waals surface area contributed by atoms with Crippen molar-refractivity contribution in [3.8, 4) is 0 Å². The first-order chi connectivity index (χ1) is 34.0. The van der Waals surface area contributed by atoms with Crippen molar-refractivity contribution in [1.29, 1.82) is 0 Å².